The third kappa shape index (κ3) is 4.59. The number of hydrogen-bond donors (Lipinski definition) is 2. The normalized spacial score (nSPS) is 27.5. The van der Waals surface area contributed by atoms with Crippen LogP contribution in [-0.4, -0.2) is 33.7 Å². The summed E-state index contributed by atoms with van der Waals surface area (Å²) in [4.78, 5) is 59.3. The SMILES string of the molecule is Cc1ccc(NN2C(=O)[C@@H]3C[C@@H]4C(=CC[C@@H]5C(=O)N(c6ccc(I)cc6)C(=O)[C@@H]54)[C@H](c4cccc(F)c4O)[C@]3(c3ccccc3)C2=O)cc1. The van der Waals surface area contributed by atoms with Crippen LogP contribution in [0.3, 0.4) is 0 Å². The number of carbonyl (C=O) groups excluding carboxylic acids is 4. The largest absolute Gasteiger partial charge is 0.505 e. The average molecular weight is 768 g/mol. The number of aryl methyl sites for hydroxylation is 1. The van der Waals surface area contributed by atoms with Crippen molar-refractivity contribution >= 4 is 57.6 Å². The highest BCUT2D eigenvalue weighted by atomic mass is 127. The van der Waals surface area contributed by atoms with Gasteiger partial charge in [0.25, 0.3) is 11.8 Å². The molecule has 2 aliphatic heterocycles. The molecule has 4 aromatic carbocycles. The standard InChI is InChI=1S/C39H31FIN3O5/c1-21-10-14-24(15-11-21)42-44-36(47)30-20-29-26(18-19-27-32(29)37(48)43(35(27)46)25-16-12-23(41)13-17-25)33(28-8-5-9-31(40)34(28)45)39(30,38(44)49)22-6-3-2-4-7-22/h2-18,27,29-30,32-33,42,45H,19-20H2,1H3/t27-,29+,30-,32-,33+,39+/m0/s1. The average Bonchev–Trinajstić information content (AvgIpc) is 3.49. The minimum absolute atomic E-state index is 0.102. The van der Waals surface area contributed by atoms with E-state index in [-0.39, 0.29) is 30.2 Å². The molecule has 2 saturated heterocycles. The van der Waals surface area contributed by atoms with Crippen molar-refractivity contribution < 1.29 is 28.7 Å². The Balaban J connectivity index is 1.33. The highest BCUT2D eigenvalue weighted by Crippen LogP contribution is 2.65. The Kier molecular flexibility index (Phi) is 7.47. The van der Waals surface area contributed by atoms with E-state index in [1.807, 2.05) is 43.3 Å². The van der Waals surface area contributed by atoms with Gasteiger partial charge in [0.1, 0.15) is 0 Å². The fourth-order valence-corrected chi connectivity index (χ4v) is 9.06. The van der Waals surface area contributed by atoms with Crippen molar-refractivity contribution in [3.8, 4) is 5.75 Å². The molecule has 0 unspecified atom stereocenters. The van der Waals surface area contributed by atoms with Gasteiger partial charge < -0.3 is 5.11 Å². The van der Waals surface area contributed by atoms with E-state index in [1.54, 1.807) is 54.6 Å². The minimum Gasteiger partial charge on any atom is -0.505 e. The minimum atomic E-state index is -1.60. The molecule has 49 heavy (non-hydrogen) atoms. The third-order valence-corrected chi connectivity index (χ3v) is 11.5. The number of hydrazine groups is 1. The predicted molar refractivity (Wildman–Crippen MR) is 189 cm³/mol. The van der Waals surface area contributed by atoms with Gasteiger partial charge >= 0.3 is 0 Å². The number of hydrogen-bond acceptors (Lipinski definition) is 6. The number of carbonyl (C=O) groups is 4. The third-order valence-electron chi connectivity index (χ3n) is 10.8. The highest BCUT2D eigenvalue weighted by Gasteiger charge is 2.70. The van der Waals surface area contributed by atoms with Crippen LogP contribution in [0, 0.1) is 40.0 Å². The molecule has 4 aliphatic rings. The molecular weight excluding hydrogens is 736 g/mol. The van der Waals surface area contributed by atoms with Crippen LogP contribution in [0.4, 0.5) is 15.8 Å². The van der Waals surface area contributed by atoms with Crippen molar-refractivity contribution in [2.45, 2.75) is 31.1 Å². The number of phenolic OH excluding ortho intramolecular Hbond substituents is 1. The summed E-state index contributed by atoms with van der Waals surface area (Å²) >= 11 is 2.16. The number of halogens is 2. The molecule has 10 heteroatoms. The van der Waals surface area contributed by atoms with Crippen LogP contribution in [0.25, 0.3) is 0 Å². The first-order valence-corrected chi connectivity index (χ1v) is 17.3. The Hall–Kier alpha value is -4.84. The zero-order valence-electron chi connectivity index (χ0n) is 26.3. The van der Waals surface area contributed by atoms with Crippen molar-refractivity contribution in [3.05, 3.63) is 135 Å². The van der Waals surface area contributed by atoms with Gasteiger partial charge in [-0.1, -0.05) is 71.8 Å². The second-order valence-electron chi connectivity index (χ2n) is 13.3. The maximum Gasteiger partial charge on any atom is 0.260 e. The lowest BCUT2D eigenvalue weighted by Gasteiger charge is -2.50. The van der Waals surface area contributed by atoms with Gasteiger partial charge in [-0.15, -0.1) is 0 Å². The fraction of sp³-hybridized carbons (Fsp3) is 0.231. The molecular formula is C39H31FIN3O5. The molecule has 1 saturated carbocycles. The number of fused-ring (bicyclic) bond motifs is 4. The number of para-hydroxylation sites is 1. The first-order valence-electron chi connectivity index (χ1n) is 16.2. The summed E-state index contributed by atoms with van der Waals surface area (Å²) in [5.74, 6) is -7.34. The molecule has 4 amide bonds. The monoisotopic (exact) mass is 767 g/mol. The zero-order chi connectivity index (χ0) is 34.2. The first-order chi connectivity index (χ1) is 23.6. The number of benzene rings is 4. The number of allylic oxidation sites excluding steroid dienone is 2. The van der Waals surface area contributed by atoms with Gasteiger partial charge in [-0.25, -0.2) is 4.39 Å². The van der Waals surface area contributed by atoms with Gasteiger partial charge in [0.15, 0.2) is 11.6 Å². The Morgan fingerprint density at radius 3 is 2.27 bits per heavy atom. The van der Waals surface area contributed by atoms with Crippen LogP contribution in [0.15, 0.2) is 109 Å². The summed E-state index contributed by atoms with van der Waals surface area (Å²) in [5, 5.41) is 12.4. The van der Waals surface area contributed by atoms with E-state index in [0.717, 1.165) is 20.2 Å². The van der Waals surface area contributed by atoms with E-state index in [0.29, 0.717) is 22.5 Å². The lowest BCUT2D eigenvalue weighted by molar-refractivity contribution is -0.138. The summed E-state index contributed by atoms with van der Waals surface area (Å²) in [6.45, 7) is 1.93. The number of phenols is 1. The number of rotatable bonds is 5. The van der Waals surface area contributed by atoms with Crippen LogP contribution in [0.5, 0.6) is 5.75 Å². The maximum atomic E-state index is 15.2. The number of amides is 4. The van der Waals surface area contributed by atoms with Crippen molar-refractivity contribution in [3.63, 3.8) is 0 Å². The van der Waals surface area contributed by atoms with E-state index >= 15 is 9.18 Å². The van der Waals surface area contributed by atoms with Crippen LogP contribution in [0.1, 0.15) is 35.4 Å². The van der Waals surface area contributed by atoms with Crippen LogP contribution in [-0.2, 0) is 24.6 Å². The smallest absolute Gasteiger partial charge is 0.260 e. The molecule has 0 radical (unpaired) electrons. The second kappa shape index (κ2) is 11.6. The van der Waals surface area contributed by atoms with Crippen LogP contribution < -0.4 is 10.3 Å². The Bertz CT molecular complexity index is 2070. The zero-order valence-corrected chi connectivity index (χ0v) is 28.5. The van der Waals surface area contributed by atoms with Gasteiger partial charge in [0.2, 0.25) is 11.8 Å². The summed E-state index contributed by atoms with van der Waals surface area (Å²) in [6, 6.07) is 27.6. The molecule has 3 fully saturated rings. The molecule has 8 rings (SSSR count). The van der Waals surface area contributed by atoms with Gasteiger partial charge in [-0.05, 0) is 96.3 Å². The summed E-state index contributed by atoms with van der Waals surface area (Å²) in [5.41, 5.74) is 4.77. The lowest BCUT2D eigenvalue weighted by Crippen LogP contribution is -2.53. The van der Waals surface area contributed by atoms with Gasteiger partial charge in [0.05, 0.1) is 34.5 Å². The van der Waals surface area contributed by atoms with Crippen molar-refractivity contribution in [1.29, 1.82) is 0 Å². The Labute approximate surface area is 295 Å². The number of nitrogens with one attached hydrogen (secondary N) is 1. The summed E-state index contributed by atoms with van der Waals surface area (Å²) in [6.07, 6.45) is 2.21. The van der Waals surface area contributed by atoms with E-state index in [1.165, 1.54) is 11.0 Å². The molecule has 8 nitrogen and oxygen atoms in total. The van der Waals surface area contributed by atoms with E-state index < -0.39 is 58.4 Å². The molecule has 246 valence electrons. The van der Waals surface area contributed by atoms with Crippen LogP contribution >= 0.6 is 22.6 Å². The topological polar surface area (TPSA) is 107 Å². The van der Waals surface area contributed by atoms with Crippen molar-refractivity contribution in [2.24, 2.45) is 23.7 Å². The lowest BCUT2D eigenvalue weighted by atomic mass is 9.49. The first kappa shape index (κ1) is 31.4. The van der Waals surface area contributed by atoms with Crippen molar-refractivity contribution in [2.75, 3.05) is 10.3 Å². The number of imide groups is 2. The molecule has 2 N–H and O–H groups in total. The molecule has 0 aromatic heterocycles. The molecule has 6 atom stereocenters. The molecule has 4 aromatic rings. The number of aromatic hydroxyl groups is 1. The molecule has 2 heterocycles. The van der Waals surface area contributed by atoms with Gasteiger partial charge in [-0.2, -0.15) is 5.01 Å². The summed E-state index contributed by atoms with van der Waals surface area (Å²) in [7, 11) is 0. The number of nitrogens with zero attached hydrogens (tertiary/aromatic N) is 2. The van der Waals surface area contributed by atoms with E-state index in [9.17, 15) is 19.5 Å². The van der Waals surface area contributed by atoms with Crippen molar-refractivity contribution in [1.82, 2.24) is 5.01 Å². The van der Waals surface area contributed by atoms with Gasteiger partial charge in [0, 0.05) is 15.1 Å². The van der Waals surface area contributed by atoms with Crippen LogP contribution in [0.2, 0.25) is 0 Å². The van der Waals surface area contributed by atoms with E-state index in [2.05, 4.69) is 28.0 Å². The predicted octanol–water partition coefficient (Wildman–Crippen LogP) is 6.63. The summed E-state index contributed by atoms with van der Waals surface area (Å²) < 4.78 is 16.2. The van der Waals surface area contributed by atoms with E-state index in [4.69, 9.17) is 0 Å². The number of anilines is 2. The molecule has 2 aliphatic carbocycles. The maximum absolute atomic E-state index is 15.2. The fourth-order valence-electron chi connectivity index (χ4n) is 8.70. The quantitative estimate of drug-likeness (QED) is 0.134. The molecule has 0 spiro atoms. The second-order valence-corrected chi connectivity index (χ2v) is 14.5. The Morgan fingerprint density at radius 1 is 0.837 bits per heavy atom. The van der Waals surface area contributed by atoms with Gasteiger partial charge in [-0.3, -0.25) is 29.5 Å². The molecule has 0 bridgehead atoms. The Morgan fingerprint density at radius 2 is 1.55 bits per heavy atom. The highest BCUT2D eigenvalue weighted by molar-refractivity contribution is 14.1.